The number of anilines is 1. The lowest BCUT2D eigenvalue weighted by atomic mass is 10.3. The minimum atomic E-state index is 0.611. The molecule has 0 aromatic carbocycles. The molecule has 0 bridgehead atoms. The number of aromatic nitrogens is 2. The van der Waals surface area contributed by atoms with Gasteiger partial charge in [0.1, 0.15) is 0 Å². The first-order chi connectivity index (χ1) is 5.27. The van der Waals surface area contributed by atoms with Crippen LogP contribution in [0.25, 0.3) is 0 Å². The zero-order chi connectivity index (χ0) is 8.27. The van der Waals surface area contributed by atoms with Gasteiger partial charge in [0, 0.05) is 18.8 Å². The molecule has 60 valence electrons. The molecule has 0 unspecified atom stereocenters. The highest BCUT2D eigenvalue weighted by Gasteiger charge is 2.00. The molecular formula is C7H11N3O. The number of carbonyl (C=O) groups excluding carboxylic acids is 1. The molecule has 1 amide bonds. The minimum absolute atomic E-state index is 0.611. The molecule has 0 aliphatic carbocycles. The minimum Gasteiger partial charge on any atom is -0.312 e. The van der Waals surface area contributed by atoms with E-state index in [9.17, 15) is 4.79 Å². The van der Waals surface area contributed by atoms with Crippen LogP contribution in [0.3, 0.4) is 0 Å². The fourth-order valence-corrected chi connectivity index (χ4v) is 0.968. The van der Waals surface area contributed by atoms with Crippen molar-refractivity contribution in [1.29, 1.82) is 0 Å². The van der Waals surface area contributed by atoms with E-state index in [0.29, 0.717) is 12.2 Å². The van der Waals surface area contributed by atoms with Gasteiger partial charge in [-0.1, -0.05) is 6.92 Å². The van der Waals surface area contributed by atoms with Crippen molar-refractivity contribution in [2.24, 2.45) is 7.05 Å². The van der Waals surface area contributed by atoms with Crippen LogP contribution in [-0.4, -0.2) is 16.2 Å². The Morgan fingerprint density at radius 2 is 2.55 bits per heavy atom. The molecule has 0 fully saturated rings. The summed E-state index contributed by atoms with van der Waals surface area (Å²) in [5.74, 6) is 0.611. The van der Waals surface area contributed by atoms with E-state index in [4.69, 9.17) is 0 Å². The van der Waals surface area contributed by atoms with E-state index in [1.54, 1.807) is 4.68 Å². The molecular weight excluding hydrogens is 142 g/mol. The van der Waals surface area contributed by atoms with Crippen molar-refractivity contribution < 1.29 is 4.79 Å². The maximum absolute atomic E-state index is 10.0. The average molecular weight is 153 g/mol. The molecule has 0 aliphatic heterocycles. The largest absolute Gasteiger partial charge is 0.312 e. The number of hydrogen-bond donors (Lipinski definition) is 1. The number of aryl methyl sites for hydroxylation is 2. The van der Waals surface area contributed by atoms with Crippen LogP contribution in [0.5, 0.6) is 0 Å². The van der Waals surface area contributed by atoms with Gasteiger partial charge in [0.15, 0.2) is 5.82 Å². The van der Waals surface area contributed by atoms with Crippen molar-refractivity contribution in [3.63, 3.8) is 0 Å². The van der Waals surface area contributed by atoms with Gasteiger partial charge in [0.2, 0.25) is 6.41 Å². The number of hydrogen-bond acceptors (Lipinski definition) is 2. The molecule has 1 rings (SSSR count). The van der Waals surface area contributed by atoms with Crippen LogP contribution in [0.4, 0.5) is 5.82 Å². The number of nitrogens with one attached hydrogen (secondary N) is 1. The highest BCUT2D eigenvalue weighted by molar-refractivity contribution is 5.68. The Morgan fingerprint density at radius 3 is 3.00 bits per heavy atom. The lowest BCUT2D eigenvalue weighted by molar-refractivity contribution is -0.105. The predicted octanol–water partition coefficient (Wildman–Crippen LogP) is 0.551. The monoisotopic (exact) mass is 153 g/mol. The highest BCUT2D eigenvalue weighted by Crippen LogP contribution is 2.06. The molecule has 4 nitrogen and oxygen atoms in total. The lowest BCUT2D eigenvalue weighted by Gasteiger charge is -1.92. The Hall–Kier alpha value is -1.32. The Kier molecular flexibility index (Phi) is 2.25. The number of nitrogens with zero attached hydrogens (tertiary/aromatic N) is 2. The SMILES string of the molecule is CCc1cc(NC=O)nn1C. The number of amides is 1. The van der Waals surface area contributed by atoms with Crippen LogP contribution in [0.2, 0.25) is 0 Å². The topological polar surface area (TPSA) is 46.9 Å². The van der Waals surface area contributed by atoms with Crippen LogP contribution in [-0.2, 0) is 18.3 Å². The van der Waals surface area contributed by atoms with Gasteiger partial charge in [-0.25, -0.2) is 0 Å². The molecule has 0 radical (unpaired) electrons. The zero-order valence-electron chi connectivity index (χ0n) is 6.66. The van der Waals surface area contributed by atoms with Crippen molar-refractivity contribution in [2.45, 2.75) is 13.3 Å². The maximum atomic E-state index is 10.0. The standard InChI is InChI=1S/C7H11N3O/c1-3-6-4-7(8-5-11)9-10(6)2/h4-5H,3H2,1-2H3,(H,8,9,11). The first kappa shape index (κ1) is 7.78. The molecule has 4 heteroatoms. The number of carbonyl (C=O) groups is 1. The summed E-state index contributed by atoms with van der Waals surface area (Å²) < 4.78 is 1.76. The molecule has 0 saturated heterocycles. The summed E-state index contributed by atoms with van der Waals surface area (Å²) in [6, 6.07) is 1.86. The van der Waals surface area contributed by atoms with Gasteiger partial charge in [-0.3, -0.25) is 9.48 Å². The third-order valence-electron chi connectivity index (χ3n) is 1.55. The third kappa shape index (κ3) is 1.58. The van der Waals surface area contributed by atoms with Gasteiger partial charge in [0.05, 0.1) is 0 Å². The Balaban J connectivity index is 2.85. The van der Waals surface area contributed by atoms with Crippen molar-refractivity contribution >= 4 is 12.2 Å². The molecule has 1 aromatic heterocycles. The smallest absolute Gasteiger partial charge is 0.212 e. The first-order valence-corrected chi connectivity index (χ1v) is 3.51. The summed E-state index contributed by atoms with van der Waals surface area (Å²) in [5.41, 5.74) is 1.11. The maximum Gasteiger partial charge on any atom is 0.212 e. The fraction of sp³-hybridized carbons (Fsp3) is 0.429. The van der Waals surface area contributed by atoms with Crippen LogP contribution in [0.15, 0.2) is 6.07 Å². The third-order valence-corrected chi connectivity index (χ3v) is 1.55. The van der Waals surface area contributed by atoms with Gasteiger partial charge >= 0.3 is 0 Å². The zero-order valence-corrected chi connectivity index (χ0v) is 6.66. The normalized spacial score (nSPS) is 9.64. The molecule has 0 saturated carbocycles. The van der Waals surface area contributed by atoms with Crippen LogP contribution < -0.4 is 5.32 Å². The average Bonchev–Trinajstić information content (AvgIpc) is 2.32. The van der Waals surface area contributed by atoms with Crippen molar-refractivity contribution in [1.82, 2.24) is 9.78 Å². The molecule has 1 heterocycles. The van der Waals surface area contributed by atoms with E-state index in [-0.39, 0.29) is 0 Å². The van der Waals surface area contributed by atoms with Crippen LogP contribution >= 0.6 is 0 Å². The molecule has 1 N–H and O–H groups in total. The molecule has 0 atom stereocenters. The molecule has 11 heavy (non-hydrogen) atoms. The second-order valence-corrected chi connectivity index (χ2v) is 2.26. The van der Waals surface area contributed by atoms with Gasteiger partial charge in [0.25, 0.3) is 0 Å². The fourth-order valence-electron chi connectivity index (χ4n) is 0.968. The van der Waals surface area contributed by atoms with Gasteiger partial charge in [-0.15, -0.1) is 0 Å². The van der Waals surface area contributed by atoms with Gasteiger partial charge in [-0.2, -0.15) is 5.10 Å². The summed E-state index contributed by atoms with van der Waals surface area (Å²) in [6.45, 7) is 2.04. The van der Waals surface area contributed by atoms with Crippen LogP contribution in [0, 0.1) is 0 Å². The Bertz CT molecular complexity index is 254. The quantitative estimate of drug-likeness (QED) is 0.644. The summed E-state index contributed by atoms with van der Waals surface area (Å²) in [7, 11) is 1.86. The van der Waals surface area contributed by atoms with E-state index in [0.717, 1.165) is 12.1 Å². The van der Waals surface area contributed by atoms with Gasteiger partial charge in [-0.05, 0) is 6.42 Å². The van der Waals surface area contributed by atoms with E-state index in [1.165, 1.54) is 0 Å². The molecule has 0 aliphatic rings. The van der Waals surface area contributed by atoms with E-state index < -0.39 is 0 Å². The van der Waals surface area contributed by atoms with Crippen LogP contribution in [0.1, 0.15) is 12.6 Å². The van der Waals surface area contributed by atoms with Crippen molar-refractivity contribution in [2.75, 3.05) is 5.32 Å². The van der Waals surface area contributed by atoms with E-state index >= 15 is 0 Å². The molecule has 1 aromatic rings. The second kappa shape index (κ2) is 3.18. The lowest BCUT2D eigenvalue weighted by Crippen LogP contribution is -1.97. The summed E-state index contributed by atoms with van der Waals surface area (Å²) >= 11 is 0. The predicted molar refractivity (Wildman–Crippen MR) is 42.3 cm³/mol. The highest BCUT2D eigenvalue weighted by atomic mass is 16.1. The van der Waals surface area contributed by atoms with Gasteiger partial charge < -0.3 is 5.32 Å². The summed E-state index contributed by atoms with van der Waals surface area (Å²) in [6.07, 6.45) is 1.55. The first-order valence-electron chi connectivity index (χ1n) is 3.51. The molecule has 0 spiro atoms. The second-order valence-electron chi connectivity index (χ2n) is 2.26. The van der Waals surface area contributed by atoms with E-state index in [1.807, 2.05) is 20.0 Å². The Morgan fingerprint density at radius 1 is 1.82 bits per heavy atom. The number of rotatable bonds is 3. The summed E-state index contributed by atoms with van der Waals surface area (Å²) in [4.78, 5) is 10.0. The van der Waals surface area contributed by atoms with Crippen molar-refractivity contribution in [3.05, 3.63) is 11.8 Å². The van der Waals surface area contributed by atoms with Crippen molar-refractivity contribution in [3.8, 4) is 0 Å². The van der Waals surface area contributed by atoms with E-state index in [2.05, 4.69) is 10.4 Å². The summed E-state index contributed by atoms with van der Waals surface area (Å²) in [5, 5.41) is 6.54. The Labute approximate surface area is 65.2 Å².